The maximum Gasteiger partial charge on any atom is 0.227 e. The molecular weight excluding hydrogens is 383 g/mol. The average molecular weight is 402 g/mol. The molecule has 30 heavy (non-hydrogen) atoms. The molecule has 0 bridgehead atoms. The monoisotopic (exact) mass is 402 g/mol. The highest BCUT2D eigenvalue weighted by molar-refractivity contribution is 5.94. The van der Waals surface area contributed by atoms with E-state index in [-0.39, 0.29) is 17.6 Å². The Morgan fingerprint density at radius 3 is 2.57 bits per heavy atom. The number of hydrogen-bond acceptors (Lipinski definition) is 5. The van der Waals surface area contributed by atoms with E-state index < -0.39 is 0 Å². The molecule has 1 amide bonds. The smallest absolute Gasteiger partial charge is 0.227 e. The van der Waals surface area contributed by atoms with Crippen molar-refractivity contribution in [3.63, 3.8) is 0 Å². The van der Waals surface area contributed by atoms with Crippen LogP contribution < -0.4 is 10.6 Å². The number of carbonyl (C=O) groups is 1. The highest BCUT2D eigenvalue weighted by Crippen LogP contribution is 2.30. The van der Waals surface area contributed by atoms with Crippen LogP contribution in [0.25, 0.3) is 16.7 Å². The number of nitrogens with one attached hydrogen (secondary N) is 2. The summed E-state index contributed by atoms with van der Waals surface area (Å²) < 4.78 is 14.9. The summed E-state index contributed by atoms with van der Waals surface area (Å²) in [5.74, 6) is 0.648. The fourth-order valence-electron chi connectivity index (χ4n) is 3.24. The molecule has 150 valence electrons. The van der Waals surface area contributed by atoms with Crippen molar-refractivity contribution in [2.75, 3.05) is 10.6 Å². The van der Waals surface area contributed by atoms with Crippen LogP contribution in [0.15, 0.2) is 61.1 Å². The highest BCUT2D eigenvalue weighted by atomic mass is 19.1. The SMILES string of the molecule is O=C(Nc1ccc(CNc2ncnc3c2cnn3-c2ccc(F)cc2)cc1)C1CC1. The molecule has 0 unspecified atom stereocenters. The van der Waals surface area contributed by atoms with E-state index in [1.807, 2.05) is 24.3 Å². The van der Waals surface area contributed by atoms with Crippen LogP contribution in [0.1, 0.15) is 18.4 Å². The van der Waals surface area contributed by atoms with Gasteiger partial charge >= 0.3 is 0 Å². The molecule has 0 saturated heterocycles. The number of halogens is 1. The zero-order valence-electron chi connectivity index (χ0n) is 16.0. The molecule has 0 spiro atoms. The largest absolute Gasteiger partial charge is 0.365 e. The maximum absolute atomic E-state index is 13.2. The summed E-state index contributed by atoms with van der Waals surface area (Å²) in [6.45, 7) is 0.560. The van der Waals surface area contributed by atoms with E-state index >= 15 is 0 Å². The Balaban J connectivity index is 1.31. The number of fused-ring (bicyclic) bond motifs is 1. The van der Waals surface area contributed by atoms with Gasteiger partial charge in [0.25, 0.3) is 0 Å². The van der Waals surface area contributed by atoms with E-state index in [4.69, 9.17) is 0 Å². The Kier molecular flexibility index (Phi) is 4.59. The first-order chi connectivity index (χ1) is 14.7. The van der Waals surface area contributed by atoms with Gasteiger partial charge in [-0.2, -0.15) is 5.10 Å². The van der Waals surface area contributed by atoms with E-state index in [1.165, 1.54) is 18.5 Å². The van der Waals surface area contributed by atoms with E-state index in [0.29, 0.717) is 18.0 Å². The fraction of sp³-hybridized carbons (Fsp3) is 0.182. The van der Waals surface area contributed by atoms with E-state index in [2.05, 4.69) is 25.7 Å². The molecule has 8 heteroatoms. The van der Waals surface area contributed by atoms with Gasteiger partial charge in [0, 0.05) is 18.2 Å². The molecule has 0 aliphatic heterocycles. The van der Waals surface area contributed by atoms with Crippen LogP contribution in [0.5, 0.6) is 0 Å². The minimum Gasteiger partial charge on any atom is -0.365 e. The lowest BCUT2D eigenvalue weighted by atomic mass is 10.2. The van der Waals surface area contributed by atoms with Gasteiger partial charge in [0.1, 0.15) is 18.0 Å². The molecule has 1 saturated carbocycles. The van der Waals surface area contributed by atoms with Crippen molar-refractivity contribution >= 4 is 28.4 Å². The third-order valence-corrected chi connectivity index (χ3v) is 5.07. The van der Waals surface area contributed by atoms with Gasteiger partial charge in [0.15, 0.2) is 5.65 Å². The van der Waals surface area contributed by atoms with Crippen LogP contribution in [0.2, 0.25) is 0 Å². The third kappa shape index (κ3) is 3.71. The number of anilines is 2. The van der Waals surface area contributed by atoms with Crippen LogP contribution in [0, 0.1) is 11.7 Å². The molecule has 1 aliphatic rings. The quantitative estimate of drug-likeness (QED) is 0.511. The van der Waals surface area contributed by atoms with Gasteiger partial charge in [-0.1, -0.05) is 12.1 Å². The van der Waals surface area contributed by atoms with Crippen molar-refractivity contribution in [2.24, 2.45) is 5.92 Å². The molecule has 2 N–H and O–H groups in total. The number of rotatable bonds is 6. The van der Waals surface area contributed by atoms with Crippen molar-refractivity contribution in [1.82, 2.24) is 19.7 Å². The number of amides is 1. The summed E-state index contributed by atoms with van der Waals surface area (Å²) in [5, 5.41) is 11.4. The summed E-state index contributed by atoms with van der Waals surface area (Å²) >= 11 is 0. The summed E-state index contributed by atoms with van der Waals surface area (Å²) in [6, 6.07) is 13.8. The Labute approximate surface area is 172 Å². The Morgan fingerprint density at radius 2 is 1.83 bits per heavy atom. The Morgan fingerprint density at radius 1 is 1.07 bits per heavy atom. The second kappa shape index (κ2) is 7.55. The van der Waals surface area contributed by atoms with Gasteiger partial charge in [0.2, 0.25) is 5.91 Å². The normalized spacial score (nSPS) is 13.4. The van der Waals surface area contributed by atoms with Crippen molar-refractivity contribution < 1.29 is 9.18 Å². The van der Waals surface area contributed by atoms with E-state index in [9.17, 15) is 9.18 Å². The minimum absolute atomic E-state index is 0.0995. The number of carbonyl (C=O) groups excluding carboxylic acids is 1. The average Bonchev–Trinajstić information content (AvgIpc) is 3.53. The van der Waals surface area contributed by atoms with Gasteiger partial charge in [0.05, 0.1) is 17.3 Å². The van der Waals surface area contributed by atoms with E-state index in [0.717, 1.165) is 35.2 Å². The summed E-state index contributed by atoms with van der Waals surface area (Å²) in [7, 11) is 0. The van der Waals surface area contributed by atoms with Crippen molar-refractivity contribution in [3.05, 3.63) is 72.4 Å². The number of aromatic nitrogens is 4. The van der Waals surface area contributed by atoms with Gasteiger partial charge in [-0.25, -0.2) is 19.0 Å². The predicted octanol–water partition coefficient (Wildman–Crippen LogP) is 3.92. The molecule has 2 aromatic carbocycles. The standard InChI is InChI=1S/C22H19FN6O/c23-16-5-9-18(10-6-16)29-21-19(12-27-29)20(25-13-26-21)24-11-14-1-7-17(8-2-14)28-22(30)15-3-4-15/h1-2,5-10,12-13,15H,3-4,11H2,(H,28,30)(H,24,25,26). The lowest BCUT2D eigenvalue weighted by Crippen LogP contribution is -2.13. The topological polar surface area (TPSA) is 84.7 Å². The van der Waals surface area contributed by atoms with Crippen molar-refractivity contribution in [3.8, 4) is 5.69 Å². The molecule has 2 aromatic heterocycles. The first-order valence-corrected chi connectivity index (χ1v) is 9.76. The van der Waals surface area contributed by atoms with Crippen LogP contribution in [0.4, 0.5) is 15.9 Å². The maximum atomic E-state index is 13.2. The molecule has 5 rings (SSSR count). The Bertz CT molecular complexity index is 1200. The molecule has 7 nitrogen and oxygen atoms in total. The molecule has 0 atom stereocenters. The lowest BCUT2D eigenvalue weighted by molar-refractivity contribution is -0.117. The van der Waals surface area contributed by atoms with Crippen LogP contribution in [-0.2, 0) is 11.3 Å². The molecular formula is C22H19FN6O. The molecule has 0 radical (unpaired) electrons. The second-order valence-corrected chi connectivity index (χ2v) is 7.31. The summed E-state index contributed by atoms with van der Waals surface area (Å²) in [4.78, 5) is 20.5. The Hall–Kier alpha value is -3.81. The number of nitrogens with zero attached hydrogens (tertiary/aromatic N) is 4. The second-order valence-electron chi connectivity index (χ2n) is 7.31. The molecule has 2 heterocycles. The highest BCUT2D eigenvalue weighted by Gasteiger charge is 2.29. The summed E-state index contributed by atoms with van der Waals surface area (Å²) in [5.41, 5.74) is 3.22. The van der Waals surface area contributed by atoms with Crippen molar-refractivity contribution in [2.45, 2.75) is 19.4 Å². The van der Waals surface area contributed by atoms with Crippen LogP contribution in [0.3, 0.4) is 0 Å². The molecule has 1 fully saturated rings. The third-order valence-electron chi connectivity index (χ3n) is 5.07. The predicted molar refractivity (Wildman–Crippen MR) is 112 cm³/mol. The van der Waals surface area contributed by atoms with E-state index in [1.54, 1.807) is 23.0 Å². The summed E-state index contributed by atoms with van der Waals surface area (Å²) in [6.07, 6.45) is 5.14. The van der Waals surface area contributed by atoms with Crippen LogP contribution >= 0.6 is 0 Å². The fourth-order valence-corrected chi connectivity index (χ4v) is 3.24. The number of benzene rings is 2. The first kappa shape index (κ1) is 18.2. The van der Waals surface area contributed by atoms with Gasteiger partial charge in [-0.15, -0.1) is 0 Å². The minimum atomic E-state index is -0.301. The van der Waals surface area contributed by atoms with Gasteiger partial charge < -0.3 is 10.6 Å². The lowest BCUT2D eigenvalue weighted by Gasteiger charge is -2.09. The van der Waals surface area contributed by atoms with Gasteiger partial charge in [-0.05, 0) is 54.8 Å². The van der Waals surface area contributed by atoms with Crippen molar-refractivity contribution in [1.29, 1.82) is 0 Å². The number of hydrogen-bond donors (Lipinski definition) is 2. The van der Waals surface area contributed by atoms with Crippen LogP contribution in [-0.4, -0.2) is 25.7 Å². The zero-order chi connectivity index (χ0) is 20.5. The zero-order valence-corrected chi connectivity index (χ0v) is 16.0. The first-order valence-electron chi connectivity index (χ1n) is 9.76. The molecule has 4 aromatic rings. The van der Waals surface area contributed by atoms with Gasteiger partial charge in [-0.3, -0.25) is 4.79 Å². The molecule has 1 aliphatic carbocycles.